The Morgan fingerprint density at radius 2 is 1.84 bits per heavy atom. The van der Waals surface area contributed by atoms with E-state index in [0.29, 0.717) is 23.7 Å². The van der Waals surface area contributed by atoms with Crippen molar-refractivity contribution in [3.8, 4) is 11.5 Å². The molecule has 0 bridgehead atoms. The molecule has 10 nitrogen and oxygen atoms in total. The molecule has 10 heteroatoms. The van der Waals surface area contributed by atoms with Gasteiger partial charge in [-0.25, -0.2) is 20.4 Å². The molecule has 1 aromatic carbocycles. The van der Waals surface area contributed by atoms with Gasteiger partial charge in [-0.2, -0.15) is 0 Å². The second-order valence-electron chi connectivity index (χ2n) is 5.16. The molecule has 1 aliphatic rings. The van der Waals surface area contributed by atoms with Gasteiger partial charge in [-0.15, -0.1) is 0 Å². The van der Waals surface area contributed by atoms with Crippen molar-refractivity contribution in [2.75, 3.05) is 32.8 Å². The first-order chi connectivity index (χ1) is 12.0. The third-order valence-corrected chi connectivity index (χ3v) is 3.60. The second-order valence-corrected chi connectivity index (χ2v) is 5.16. The number of hydrazine groups is 1. The highest BCUT2D eigenvalue weighted by molar-refractivity contribution is 5.97. The molecule has 0 spiro atoms. The summed E-state index contributed by atoms with van der Waals surface area (Å²) in [6.45, 7) is 0.292. The molecule has 1 saturated heterocycles. The first-order valence-corrected chi connectivity index (χ1v) is 7.41. The Balaban J connectivity index is 1.98. The Hall–Kier alpha value is -3.17. The van der Waals surface area contributed by atoms with Crippen LogP contribution in [0.25, 0.3) is 0 Å². The lowest BCUT2D eigenvalue weighted by Gasteiger charge is -2.19. The molecule has 1 atom stereocenters. The highest BCUT2D eigenvalue weighted by atomic mass is 16.5. The lowest BCUT2D eigenvalue weighted by molar-refractivity contribution is -0.117. The van der Waals surface area contributed by atoms with Gasteiger partial charge < -0.3 is 24.4 Å². The molecule has 4 amide bonds. The summed E-state index contributed by atoms with van der Waals surface area (Å²) in [4.78, 5) is 36.4. The lowest BCUT2D eigenvalue weighted by atomic mass is 10.2. The number of hydrogen-bond donors (Lipinski definition) is 3. The van der Waals surface area contributed by atoms with E-state index >= 15 is 0 Å². The third kappa shape index (κ3) is 4.43. The smallest absolute Gasteiger partial charge is 0.425 e. The van der Waals surface area contributed by atoms with Gasteiger partial charge in [0.15, 0.2) is 11.5 Å². The van der Waals surface area contributed by atoms with Crippen LogP contribution in [0.15, 0.2) is 18.2 Å². The Bertz CT molecular complexity index is 665. The van der Waals surface area contributed by atoms with Crippen LogP contribution in [0.5, 0.6) is 11.5 Å². The molecule has 1 unspecified atom stereocenters. The van der Waals surface area contributed by atoms with E-state index in [2.05, 4.69) is 15.5 Å². The number of urea groups is 1. The molecule has 136 valence electrons. The number of methoxy groups -OCH3 is 3. The van der Waals surface area contributed by atoms with Gasteiger partial charge in [0.25, 0.3) is 0 Å². The van der Waals surface area contributed by atoms with Gasteiger partial charge in [0.1, 0.15) is 0 Å². The van der Waals surface area contributed by atoms with Gasteiger partial charge in [0, 0.05) is 24.7 Å². The normalized spacial score (nSPS) is 16.2. The number of benzene rings is 1. The minimum absolute atomic E-state index is 0.139. The van der Waals surface area contributed by atoms with Crippen LogP contribution in [-0.4, -0.2) is 51.9 Å². The predicted octanol–water partition coefficient (Wildman–Crippen LogP) is 0.379. The Morgan fingerprint density at radius 3 is 2.48 bits per heavy atom. The van der Waals surface area contributed by atoms with Crippen LogP contribution in [-0.2, 0) is 9.53 Å². The summed E-state index contributed by atoms with van der Waals surface area (Å²) in [5, 5.41) is 2.60. The number of carbonyl (C=O) groups is 3. The summed E-state index contributed by atoms with van der Waals surface area (Å²) in [5.41, 5.74) is 4.80. The van der Waals surface area contributed by atoms with Gasteiger partial charge in [-0.3, -0.25) is 4.79 Å². The van der Waals surface area contributed by atoms with Crippen LogP contribution in [0, 0.1) is 0 Å². The van der Waals surface area contributed by atoms with E-state index in [-0.39, 0.29) is 12.3 Å². The summed E-state index contributed by atoms with van der Waals surface area (Å²) in [6, 6.07) is 4.09. The van der Waals surface area contributed by atoms with E-state index < -0.39 is 18.2 Å². The van der Waals surface area contributed by atoms with Crippen molar-refractivity contribution in [3.05, 3.63) is 18.2 Å². The van der Waals surface area contributed by atoms with E-state index in [9.17, 15) is 14.4 Å². The number of rotatable bonds is 4. The first-order valence-electron chi connectivity index (χ1n) is 7.41. The average molecular weight is 352 g/mol. The molecule has 0 saturated carbocycles. The van der Waals surface area contributed by atoms with E-state index in [0.717, 1.165) is 0 Å². The number of hydrogen-bond acceptors (Lipinski definition) is 6. The molecule has 1 heterocycles. The van der Waals surface area contributed by atoms with Crippen LogP contribution in [0.1, 0.15) is 6.42 Å². The highest BCUT2D eigenvalue weighted by Gasteiger charge is 2.32. The van der Waals surface area contributed by atoms with E-state index in [1.54, 1.807) is 23.1 Å². The molecule has 1 aromatic rings. The summed E-state index contributed by atoms with van der Waals surface area (Å²) >= 11 is 0. The monoisotopic (exact) mass is 352 g/mol. The molecule has 2 rings (SSSR count). The van der Waals surface area contributed by atoms with Gasteiger partial charge in [0.05, 0.1) is 27.4 Å². The fourth-order valence-electron chi connectivity index (χ4n) is 2.43. The Labute approximate surface area is 144 Å². The third-order valence-electron chi connectivity index (χ3n) is 3.60. The number of carbonyl (C=O) groups excluding carboxylic acids is 3. The zero-order valence-electron chi connectivity index (χ0n) is 14.1. The van der Waals surface area contributed by atoms with Crippen molar-refractivity contribution in [3.63, 3.8) is 0 Å². The molecule has 0 aliphatic carbocycles. The topological polar surface area (TPSA) is 118 Å². The minimum Gasteiger partial charge on any atom is -0.493 e. The van der Waals surface area contributed by atoms with Crippen molar-refractivity contribution in [1.82, 2.24) is 16.2 Å². The quantitative estimate of drug-likeness (QED) is 0.674. The maximum Gasteiger partial charge on any atom is 0.425 e. The molecule has 25 heavy (non-hydrogen) atoms. The number of amides is 4. The van der Waals surface area contributed by atoms with Gasteiger partial charge in [0.2, 0.25) is 5.91 Å². The number of ether oxygens (including phenoxy) is 3. The average Bonchev–Trinajstić information content (AvgIpc) is 2.98. The molecular formula is C15H20N4O6. The van der Waals surface area contributed by atoms with Crippen molar-refractivity contribution in [2.24, 2.45) is 0 Å². The Kier molecular flexibility index (Phi) is 5.88. The number of anilines is 1. The van der Waals surface area contributed by atoms with Gasteiger partial charge >= 0.3 is 12.1 Å². The molecule has 1 fully saturated rings. The lowest BCUT2D eigenvalue weighted by Crippen LogP contribution is -2.50. The zero-order chi connectivity index (χ0) is 18.4. The SMILES string of the molecule is COC(=O)NNC(=O)NC1CC(=O)N(c2ccc(OC)c(OC)c2)C1. The van der Waals surface area contributed by atoms with E-state index in [1.165, 1.54) is 21.3 Å². The minimum atomic E-state index is -0.801. The van der Waals surface area contributed by atoms with Gasteiger partial charge in [-0.05, 0) is 12.1 Å². The first kappa shape index (κ1) is 18.2. The summed E-state index contributed by atoms with van der Waals surface area (Å²) in [7, 11) is 4.21. The summed E-state index contributed by atoms with van der Waals surface area (Å²) < 4.78 is 14.7. The van der Waals surface area contributed by atoms with Crippen LogP contribution >= 0.6 is 0 Å². The summed E-state index contributed by atoms with van der Waals surface area (Å²) in [6.07, 6.45) is -0.662. The maximum absolute atomic E-state index is 12.2. The fraction of sp³-hybridized carbons (Fsp3) is 0.400. The van der Waals surface area contributed by atoms with E-state index in [1.807, 2.05) is 5.43 Å². The maximum atomic E-state index is 12.2. The molecule has 0 aromatic heterocycles. The standard InChI is InChI=1S/C15H20N4O6/c1-23-11-5-4-10(7-12(11)24-2)19-8-9(6-13(19)20)16-14(21)17-18-15(22)25-3/h4-5,7,9H,6,8H2,1-3H3,(H,18,22)(H2,16,17,21). The molecule has 0 radical (unpaired) electrons. The largest absolute Gasteiger partial charge is 0.493 e. The molecule has 1 aliphatic heterocycles. The van der Waals surface area contributed by atoms with Crippen LogP contribution in [0.2, 0.25) is 0 Å². The van der Waals surface area contributed by atoms with Crippen molar-refractivity contribution in [2.45, 2.75) is 12.5 Å². The molecule has 3 N–H and O–H groups in total. The van der Waals surface area contributed by atoms with Crippen molar-refractivity contribution >= 4 is 23.7 Å². The van der Waals surface area contributed by atoms with Crippen LogP contribution in [0.4, 0.5) is 15.3 Å². The predicted molar refractivity (Wildman–Crippen MR) is 87.5 cm³/mol. The van der Waals surface area contributed by atoms with E-state index in [4.69, 9.17) is 9.47 Å². The summed E-state index contributed by atoms with van der Waals surface area (Å²) in [5.74, 6) is 0.920. The van der Waals surface area contributed by atoms with Crippen LogP contribution in [0.3, 0.4) is 0 Å². The van der Waals surface area contributed by atoms with Gasteiger partial charge in [-0.1, -0.05) is 0 Å². The van der Waals surface area contributed by atoms with Crippen LogP contribution < -0.4 is 30.5 Å². The van der Waals surface area contributed by atoms with Crippen molar-refractivity contribution in [1.29, 1.82) is 0 Å². The highest BCUT2D eigenvalue weighted by Crippen LogP contribution is 2.33. The number of nitrogens with one attached hydrogen (secondary N) is 3. The second kappa shape index (κ2) is 8.08. The number of nitrogens with zero attached hydrogens (tertiary/aromatic N) is 1. The molecular weight excluding hydrogens is 332 g/mol. The zero-order valence-corrected chi connectivity index (χ0v) is 14.1. The Morgan fingerprint density at radius 1 is 1.12 bits per heavy atom. The van der Waals surface area contributed by atoms with Crippen molar-refractivity contribution < 1.29 is 28.6 Å². The fourth-order valence-corrected chi connectivity index (χ4v) is 2.43.